The lowest BCUT2D eigenvalue weighted by atomic mass is 10.1. The zero-order valence-electron chi connectivity index (χ0n) is 13.8. The van der Waals surface area contributed by atoms with Gasteiger partial charge in [0.1, 0.15) is 0 Å². The smallest absolute Gasteiger partial charge is 0.220 e. The van der Waals surface area contributed by atoms with E-state index in [9.17, 15) is 4.79 Å². The molecule has 6 heteroatoms. The van der Waals surface area contributed by atoms with Gasteiger partial charge in [0.2, 0.25) is 11.7 Å². The highest BCUT2D eigenvalue weighted by Crippen LogP contribution is 2.38. The summed E-state index contributed by atoms with van der Waals surface area (Å²) in [5, 5.41) is 5.97. The van der Waals surface area contributed by atoms with Gasteiger partial charge in [-0.05, 0) is 44.1 Å². The standard InChI is InChI=1S/C16H26N2O4/c1-17-8-6-5-7-15(19)18-11-12-9-13(20-2)16(22-4)14(10-12)21-3/h9-10,17H,5-8,11H2,1-4H3,(H,18,19). The van der Waals surface area contributed by atoms with Crippen molar-refractivity contribution in [1.82, 2.24) is 10.6 Å². The van der Waals surface area contributed by atoms with E-state index >= 15 is 0 Å². The van der Waals surface area contributed by atoms with Crippen molar-refractivity contribution < 1.29 is 19.0 Å². The molecule has 0 unspecified atom stereocenters. The van der Waals surface area contributed by atoms with E-state index in [1.807, 2.05) is 19.2 Å². The van der Waals surface area contributed by atoms with E-state index in [0.29, 0.717) is 30.2 Å². The Morgan fingerprint density at radius 2 is 1.68 bits per heavy atom. The first-order valence-electron chi connectivity index (χ1n) is 7.36. The van der Waals surface area contributed by atoms with Gasteiger partial charge in [-0.1, -0.05) is 0 Å². The topological polar surface area (TPSA) is 68.8 Å². The molecular formula is C16H26N2O4. The highest BCUT2D eigenvalue weighted by molar-refractivity contribution is 5.75. The lowest BCUT2D eigenvalue weighted by Gasteiger charge is -2.14. The van der Waals surface area contributed by atoms with Crippen LogP contribution in [0.25, 0.3) is 0 Å². The molecule has 0 saturated carbocycles. The SMILES string of the molecule is CNCCCCC(=O)NCc1cc(OC)c(OC)c(OC)c1. The third-order valence-electron chi connectivity index (χ3n) is 3.29. The molecule has 1 amide bonds. The molecular weight excluding hydrogens is 284 g/mol. The van der Waals surface area contributed by atoms with E-state index in [2.05, 4.69) is 10.6 Å². The van der Waals surface area contributed by atoms with E-state index in [1.54, 1.807) is 21.3 Å². The van der Waals surface area contributed by atoms with Crippen molar-refractivity contribution >= 4 is 5.91 Å². The minimum Gasteiger partial charge on any atom is -0.493 e. The first-order valence-corrected chi connectivity index (χ1v) is 7.36. The second kappa shape index (κ2) is 9.89. The second-order valence-corrected chi connectivity index (χ2v) is 4.87. The molecule has 1 aromatic carbocycles. The maximum atomic E-state index is 11.8. The van der Waals surface area contributed by atoms with Gasteiger partial charge in [0.15, 0.2) is 11.5 Å². The monoisotopic (exact) mass is 310 g/mol. The average molecular weight is 310 g/mol. The number of methoxy groups -OCH3 is 3. The van der Waals surface area contributed by atoms with Crippen molar-refractivity contribution in [2.75, 3.05) is 34.9 Å². The normalized spacial score (nSPS) is 10.2. The van der Waals surface area contributed by atoms with Crippen molar-refractivity contribution in [3.63, 3.8) is 0 Å². The zero-order valence-corrected chi connectivity index (χ0v) is 13.8. The van der Waals surface area contributed by atoms with Crippen LogP contribution in [0, 0.1) is 0 Å². The third kappa shape index (κ3) is 5.44. The molecule has 0 fully saturated rings. The molecule has 0 bridgehead atoms. The van der Waals surface area contributed by atoms with Crippen LogP contribution in [0.2, 0.25) is 0 Å². The van der Waals surface area contributed by atoms with Crippen LogP contribution in [-0.4, -0.2) is 40.8 Å². The van der Waals surface area contributed by atoms with Gasteiger partial charge in [-0.3, -0.25) is 4.79 Å². The average Bonchev–Trinajstić information content (AvgIpc) is 2.55. The maximum Gasteiger partial charge on any atom is 0.220 e. The molecule has 0 aliphatic rings. The van der Waals surface area contributed by atoms with Gasteiger partial charge < -0.3 is 24.8 Å². The van der Waals surface area contributed by atoms with Crippen LogP contribution < -0.4 is 24.8 Å². The molecule has 0 saturated heterocycles. The van der Waals surface area contributed by atoms with Crippen LogP contribution in [0.5, 0.6) is 17.2 Å². The van der Waals surface area contributed by atoms with E-state index in [0.717, 1.165) is 24.9 Å². The molecule has 0 aliphatic heterocycles. The van der Waals surface area contributed by atoms with Crippen molar-refractivity contribution in [1.29, 1.82) is 0 Å². The fourth-order valence-electron chi connectivity index (χ4n) is 2.11. The molecule has 1 rings (SSSR count). The summed E-state index contributed by atoms with van der Waals surface area (Å²) in [5.41, 5.74) is 0.901. The van der Waals surface area contributed by atoms with Gasteiger partial charge in [0.25, 0.3) is 0 Å². The van der Waals surface area contributed by atoms with Crippen LogP contribution in [0.4, 0.5) is 0 Å². The molecule has 0 radical (unpaired) electrons. The molecule has 0 spiro atoms. The minimum atomic E-state index is 0.0462. The largest absolute Gasteiger partial charge is 0.493 e. The molecule has 22 heavy (non-hydrogen) atoms. The summed E-state index contributed by atoms with van der Waals surface area (Å²) in [6.45, 7) is 1.36. The number of carbonyl (C=O) groups is 1. The summed E-state index contributed by atoms with van der Waals surface area (Å²) >= 11 is 0. The summed E-state index contributed by atoms with van der Waals surface area (Å²) in [4.78, 5) is 11.8. The number of hydrogen-bond donors (Lipinski definition) is 2. The number of amides is 1. The third-order valence-corrected chi connectivity index (χ3v) is 3.29. The fourth-order valence-corrected chi connectivity index (χ4v) is 2.11. The molecule has 0 heterocycles. The van der Waals surface area contributed by atoms with Crippen LogP contribution in [0.15, 0.2) is 12.1 Å². The Morgan fingerprint density at radius 3 is 2.18 bits per heavy atom. The highest BCUT2D eigenvalue weighted by atomic mass is 16.5. The minimum absolute atomic E-state index is 0.0462. The Balaban J connectivity index is 2.60. The summed E-state index contributed by atoms with van der Waals surface area (Å²) in [5.74, 6) is 1.76. The van der Waals surface area contributed by atoms with Crippen LogP contribution in [-0.2, 0) is 11.3 Å². The first kappa shape index (κ1) is 18.1. The van der Waals surface area contributed by atoms with Gasteiger partial charge in [-0.25, -0.2) is 0 Å². The number of nitrogens with one attached hydrogen (secondary N) is 2. The predicted octanol–water partition coefficient (Wildman–Crippen LogP) is 1.72. The molecule has 1 aromatic rings. The summed E-state index contributed by atoms with van der Waals surface area (Å²) in [6.07, 6.45) is 2.40. The van der Waals surface area contributed by atoms with Crippen molar-refractivity contribution in [2.24, 2.45) is 0 Å². The van der Waals surface area contributed by atoms with E-state index < -0.39 is 0 Å². The van der Waals surface area contributed by atoms with E-state index in [-0.39, 0.29) is 5.91 Å². The quantitative estimate of drug-likeness (QED) is 0.644. The lowest BCUT2D eigenvalue weighted by Crippen LogP contribution is -2.22. The van der Waals surface area contributed by atoms with Crippen molar-refractivity contribution in [2.45, 2.75) is 25.8 Å². The Hall–Kier alpha value is -1.95. The van der Waals surface area contributed by atoms with E-state index in [1.165, 1.54) is 0 Å². The summed E-state index contributed by atoms with van der Waals surface area (Å²) in [7, 11) is 6.61. The predicted molar refractivity (Wildman–Crippen MR) is 85.7 cm³/mol. The van der Waals surface area contributed by atoms with Crippen LogP contribution in [0.1, 0.15) is 24.8 Å². The Kier molecular flexibility index (Phi) is 8.14. The molecule has 124 valence electrons. The molecule has 0 atom stereocenters. The van der Waals surface area contributed by atoms with Crippen molar-refractivity contribution in [3.8, 4) is 17.2 Å². The van der Waals surface area contributed by atoms with Gasteiger partial charge in [0, 0.05) is 13.0 Å². The number of ether oxygens (including phenoxy) is 3. The Bertz CT molecular complexity index is 452. The second-order valence-electron chi connectivity index (χ2n) is 4.87. The zero-order chi connectivity index (χ0) is 16.4. The van der Waals surface area contributed by atoms with Crippen molar-refractivity contribution in [3.05, 3.63) is 17.7 Å². The molecule has 2 N–H and O–H groups in total. The number of unbranched alkanes of at least 4 members (excludes halogenated alkanes) is 1. The Morgan fingerprint density at radius 1 is 1.05 bits per heavy atom. The van der Waals surface area contributed by atoms with Crippen LogP contribution >= 0.6 is 0 Å². The highest BCUT2D eigenvalue weighted by Gasteiger charge is 2.13. The summed E-state index contributed by atoms with van der Waals surface area (Å²) < 4.78 is 15.9. The maximum absolute atomic E-state index is 11.8. The van der Waals surface area contributed by atoms with Gasteiger partial charge in [-0.2, -0.15) is 0 Å². The number of benzene rings is 1. The lowest BCUT2D eigenvalue weighted by molar-refractivity contribution is -0.121. The van der Waals surface area contributed by atoms with Gasteiger partial charge >= 0.3 is 0 Å². The van der Waals surface area contributed by atoms with Gasteiger partial charge in [0.05, 0.1) is 21.3 Å². The first-order chi connectivity index (χ1) is 10.7. The number of hydrogen-bond acceptors (Lipinski definition) is 5. The van der Waals surface area contributed by atoms with Gasteiger partial charge in [-0.15, -0.1) is 0 Å². The van der Waals surface area contributed by atoms with Crippen LogP contribution in [0.3, 0.4) is 0 Å². The number of carbonyl (C=O) groups excluding carboxylic acids is 1. The molecule has 0 aliphatic carbocycles. The van der Waals surface area contributed by atoms with E-state index in [4.69, 9.17) is 14.2 Å². The molecule has 6 nitrogen and oxygen atoms in total. The fraction of sp³-hybridized carbons (Fsp3) is 0.562. The summed E-state index contributed by atoms with van der Waals surface area (Å²) in [6, 6.07) is 3.67. The molecule has 0 aromatic heterocycles. The number of rotatable bonds is 10. The Labute approximate surface area is 132 Å².